The van der Waals surface area contributed by atoms with Crippen LogP contribution in [0.1, 0.15) is 50.7 Å². The fourth-order valence-corrected chi connectivity index (χ4v) is 6.07. The molecule has 0 N–H and O–H groups in total. The van der Waals surface area contributed by atoms with E-state index in [0.29, 0.717) is 0 Å². The maximum Gasteiger partial charge on any atom is 0.193 e. The Labute approximate surface area is 223 Å². The minimum atomic E-state index is -0.838. The molecule has 36 heavy (non-hydrogen) atoms. The van der Waals surface area contributed by atoms with Gasteiger partial charge in [0.15, 0.2) is 19.5 Å². The predicted octanol–water partition coefficient (Wildman–Crippen LogP) is 4.36. The van der Waals surface area contributed by atoms with E-state index in [1.54, 1.807) is 0 Å². The lowest BCUT2D eigenvalue weighted by Crippen LogP contribution is -2.33. The van der Waals surface area contributed by atoms with Crippen LogP contribution in [0.3, 0.4) is 0 Å². The molecule has 0 fully saturated rings. The van der Waals surface area contributed by atoms with E-state index >= 15 is 0 Å². The molecule has 0 aliphatic heterocycles. The molecular formula is C32H38O2Si2. The lowest BCUT2D eigenvalue weighted by Gasteiger charge is -2.28. The minimum absolute atomic E-state index is 0.213. The Hall–Kier alpha value is -3.13. The van der Waals surface area contributed by atoms with Gasteiger partial charge < -0.3 is 8.85 Å². The highest BCUT2D eigenvalue weighted by Crippen LogP contribution is 2.21. The Morgan fingerprint density at radius 3 is 1.19 bits per heavy atom. The molecule has 0 aliphatic rings. The zero-order chi connectivity index (χ0) is 26.3. The zero-order valence-electron chi connectivity index (χ0n) is 21.8. The molecule has 0 saturated carbocycles. The summed E-state index contributed by atoms with van der Waals surface area (Å²) in [4.78, 5) is 0. The third kappa shape index (κ3) is 10.2. The highest BCUT2D eigenvalue weighted by atomic mass is 28.2. The van der Waals surface area contributed by atoms with Gasteiger partial charge in [-0.2, -0.15) is 0 Å². The first kappa shape index (κ1) is 29.1. The molecule has 2 nitrogen and oxygen atoms in total. The van der Waals surface area contributed by atoms with E-state index in [1.165, 1.54) is 10.4 Å². The van der Waals surface area contributed by atoms with E-state index in [0.717, 1.165) is 36.8 Å². The SMILES string of the molecule is C=CCC(C)(CC=C)O[SiH2]c1ccc(C#CC#Cc2ccc([SiH2]OC(C)(CC=C)CC=C)cc2)cc1. The molecule has 2 aromatic carbocycles. The molecule has 0 heterocycles. The fourth-order valence-electron chi connectivity index (χ4n) is 3.71. The predicted molar refractivity (Wildman–Crippen MR) is 161 cm³/mol. The Morgan fingerprint density at radius 2 is 0.917 bits per heavy atom. The molecular weight excluding hydrogens is 473 g/mol. The second-order valence-corrected chi connectivity index (χ2v) is 12.1. The van der Waals surface area contributed by atoms with Gasteiger partial charge >= 0.3 is 0 Å². The van der Waals surface area contributed by atoms with Crippen molar-refractivity contribution in [2.75, 3.05) is 0 Å². The quantitative estimate of drug-likeness (QED) is 0.214. The van der Waals surface area contributed by atoms with Crippen LogP contribution >= 0.6 is 0 Å². The van der Waals surface area contributed by atoms with Gasteiger partial charge in [-0.3, -0.25) is 0 Å². The van der Waals surface area contributed by atoms with Crippen LogP contribution in [-0.2, 0) is 8.85 Å². The van der Waals surface area contributed by atoms with Crippen molar-refractivity contribution in [1.82, 2.24) is 0 Å². The monoisotopic (exact) mass is 510 g/mol. The van der Waals surface area contributed by atoms with Crippen LogP contribution in [-0.4, -0.2) is 30.7 Å². The van der Waals surface area contributed by atoms with E-state index < -0.39 is 19.5 Å². The van der Waals surface area contributed by atoms with Gasteiger partial charge in [-0.25, -0.2) is 0 Å². The molecule has 0 aliphatic carbocycles. The van der Waals surface area contributed by atoms with Crippen molar-refractivity contribution < 1.29 is 8.85 Å². The average Bonchev–Trinajstić information content (AvgIpc) is 2.86. The Bertz CT molecular complexity index is 1030. The van der Waals surface area contributed by atoms with E-state index in [9.17, 15) is 0 Å². The lowest BCUT2D eigenvalue weighted by atomic mass is 9.99. The van der Waals surface area contributed by atoms with Crippen molar-refractivity contribution in [2.24, 2.45) is 0 Å². The summed E-state index contributed by atoms with van der Waals surface area (Å²) in [6.45, 7) is 19.6. The first-order valence-corrected chi connectivity index (χ1v) is 14.8. The molecule has 186 valence electrons. The topological polar surface area (TPSA) is 18.5 Å². The van der Waals surface area contributed by atoms with Crippen LogP contribution in [0.5, 0.6) is 0 Å². The third-order valence-electron chi connectivity index (χ3n) is 5.86. The highest BCUT2D eigenvalue weighted by Gasteiger charge is 2.22. The number of rotatable bonds is 14. The molecule has 0 aromatic heterocycles. The van der Waals surface area contributed by atoms with Gasteiger partial charge in [-0.1, -0.05) is 60.4 Å². The van der Waals surface area contributed by atoms with Gasteiger partial charge in [0.05, 0.1) is 11.2 Å². The highest BCUT2D eigenvalue weighted by molar-refractivity contribution is 6.47. The van der Waals surface area contributed by atoms with Crippen molar-refractivity contribution in [3.8, 4) is 23.7 Å². The number of hydrogen-bond acceptors (Lipinski definition) is 2. The molecule has 0 spiro atoms. The van der Waals surface area contributed by atoms with Gasteiger partial charge in [0.2, 0.25) is 0 Å². The van der Waals surface area contributed by atoms with Crippen molar-refractivity contribution in [2.45, 2.75) is 50.7 Å². The first-order chi connectivity index (χ1) is 17.3. The molecule has 0 amide bonds. The molecule has 4 heteroatoms. The second kappa shape index (κ2) is 15.1. The Morgan fingerprint density at radius 1 is 0.611 bits per heavy atom. The van der Waals surface area contributed by atoms with Gasteiger partial charge in [0.25, 0.3) is 0 Å². The number of hydrogen-bond donors (Lipinski definition) is 0. The minimum Gasteiger partial charge on any atom is -0.413 e. The van der Waals surface area contributed by atoms with Crippen molar-refractivity contribution in [3.63, 3.8) is 0 Å². The third-order valence-corrected chi connectivity index (χ3v) is 9.16. The van der Waals surface area contributed by atoms with E-state index in [1.807, 2.05) is 48.6 Å². The van der Waals surface area contributed by atoms with Crippen LogP contribution in [0.4, 0.5) is 0 Å². The summed E-state index contributed by atoms with van der Waals surface area (Å²) in [6.07, 6.45) is 10.9. The van der Waals surface area contributed by atoms with Crippen molar-refractivity contribution >= 4 is 29.9 Å². The molecule has 0 bridgehead atoms. The summed E-state index contributed by atoms with van der Waals surface area (Å²) < 4.78 is 12.5. The molecule has 0 saturated heterocycles. The largest absolute Gasteiger partial charge is 0.413 e. The lowest BCUT2D eigenvalue weighted by molar-refractivity contribution is 0.104. The molecule has 0 radical (unpaired) electrons. The second-order valence-electron chi connectivity index (χ2n) is 9.34. The normalized spacial score (nSPS) is 11.5. The van der Waals surface area contributed by atoms with E-state index in [4.69, 9.17) is 8.85 Å². The maximum absolute atomic E-state index is 6.27. The number of benzene rings is 2. The Balaban J connectivity index is 1.91. The molecule has 2 rings (SSSR count). The molecule has 2 aromatic rings. The van der Waals surface area contributed by atoms with Crippen LogP contribution in [0.25, 0.3) is 0 Å². The standard InChI is InChI=1S/C32H38O2Si2/c1-7-23-31(5,24-8-2)33-35-29-19-15-27(16-20-29)13-11-12-14-28-17-21-30(22-18-28)36-34-32(6,25-9-3)26-10-4/h7-10,15-22H,1-4,23-26,35-36H2,5-6H3. The first-order valence-electron chi connectivity index (χ1n) is 12.3. The van der Waals surface area contributed by atoms with Gasteiger partial charge in [0.1, 0.15) is 0 Å². The summed E-state index contributed by atoms with van der Waals surface area (Å²) in [5.41, 5.74) is 1.47. The Kier molecular flexibility index (Phi) is 12.2. The fraction of sp³-hybridized carbons (Fsp3) is 0.250. The van der Waals surface area contributed by atoms with E-state index in [-0.39, 0.29) is 11.2 Å². The van der Waals surface area contributed by atoms with Crippen LogP contribution < -0.4 is 10.4 Å². The zero-order valence-corrected chi connectivity index (χ0v) is 24.6. The van der Waals surface area contributed by atoms with Crippen molar-refractivity contribution in [3.05, 3.63) is 110 Å². The smallest absolute Gasteiger partial charge is 0.193 e. The van der Waals surface area contributed by atoms with Crippen LogP contribution in [0, 0.1) is 23.7 Å². The molecule has 0 unspecified atom stereocenters. The summed E-state index contributed by atoms with van der Waals surface area (Å²) in [5.74, 6) is 12.2. The summed E-state index contributed by atoms with van der Waals surface area (Å²) in [5, 5.41) is 2.49. The van der Waals surface area contributed by atoms with Gasteiger partial charge in [-0.15, -0.1) is 26.3 Å². The summed E-state index contributed by atoms with van der Waals surface area (Å²) >= 11 is 0. The van der Waals surface area contributed by atoms with Crippen LogP contribution in [0.2, 0.25) is 0 Å². The van der Waals surface area contributed by atoms with Gasteiger partial charge in [0, 0.05) is 11.1 Å². The average molecular weight is 511 g/mol. The van der Waals surface area contributed by atoms with Crippen molar-refractivity contribution in [1.29, 1.82) is 0 Å². The molecule has 0 atom stereocenters. The summed E-state index contributed by atoms with van der Waals surface area (Å²) in [7, 11) is -1.68. The van der Waals surface area contributed by atoms with Gasteiger partial charge in [-0.05, 0) is 86.0 Å². The summed E-state index contributed by atoms with van der Waals surface area (Å²) in [6, 6.07) is 16.5. The maximum atomic E-state index is 6.27. The van der Waals surface area contributed by atoms with Crippen LogP contribution in [0.15, 0.2) is 99.2 Å². The van der Waals surface area contributed by atoms with E-state index in [2.05, 4.69) is 88.1 Å².